The topological polar surface area (TPSA) is 40.5 Å². The highest BCUT2D eigenvalue weighted by molar-refractivity contribution is 6.25. The zero-order valence-corrected chi connectivity index (χ0v) is 14.8. The first-order valence-corrected chi connectivity index (χ1v) is 9.78. The molecular weight excluding hydrogens is 308 g/mol. The van der Waals surface area contributed by atoms with Gasteiger partial charge in [0.1, 0.15) is 0 Å². The van der Waals surface area contributed by atoms with Crippen LogP contribution in [-0.2, 0) is 0 Å². The number of hydrogen-bond donors (Lipinski definition) is 2. The molecule has 3 heteroatoms. The lowest BCUT2D eigenvalue weighted by Gasteiger charge is -2.57. The van der Waals surface area contributed by atoms with Gasteiger partial charge in [-0.05, 0) is 74.5 Å². The van der Waals surface area contributed by atoms with Crippen LogP contribution in [0.2, 0.25) is 0 Å². The Morgan fingerprint density at radius 2 is 1.96 bits per heavy atom. The SMILES string of the molecule is C[C@]12CC[C@H](O)CC1=CC[C@H]1[C@@H]3CC[C@H](O)[C@@]3(/C=C/Cl)CC[C@@H]12. The van der Waals surface area contributed by atoms with Gasteiger partial charge < -0.3 is 10.2 Å². The lowest BCUT2D eigenvalue weighted by Crippen LogP contribution is -2.51. The van der Waals surface area contributed by atoms with E-state index in [9.17, 15) is 10.2 Å². The molecule has 3 fully saturated rings. The van der Waals surface area contributed by atoms with Crippen LogP contribution in [0.5, 0.6) is 0 Å². The average molecular weight is 337 g/mol. The third-order valence-electron chi connectivity index (χ3n) is 8.00. The van der Waals surface area contributed by atoms with Gasteiger partial charge in [-0.15, -0.1) is 0 Å². The molecule has 3 saturated carbocycles. The largest absolute Gasteiger partial charge is 0.393 e. The summed E-state index contributed by atoms with van der Waals surface area (Å²) in [4.78, 5) is 0. The summed E-state index contributed by atoms with van der Waals surface area (Å²) in [6.45, 7) is 2.44. The maximum atomic E-state index is 10.7. The van der Waals surface area contributed by atoms with E-state index in [4.69, 9.17) is 11.6 Å². The van der Waals surface area contributed by atoms with Crippen molar-refractivity contribution in [3.05, 3.63) is 23.3 Å². The van der Waals surface area contributed by atoms with Crippen molar-refractivity contribution >= 4 is 11.6 Å². The van der Waals surface area contributed by atoms with Crippen LogP contribution < -0.4 is 0 Å². The summed E-state index contributed by atoms with van der Waals surface area (Å²) in [5.41, 5.74) is 3.34. The summed E-state index contributed by atoms with van der Waals surface area (Å²) in [5, 5.41) is 20.7. The fourth-order valence-corrected chi connectivity index (χ4v) is 7.01. The average Bonchev–Trinajstić information content (AvgIpc) is 2.86. The normalized spacial score (nSPS) is 52.7. The number of aliphatic hydroxyl groups excluding tert-OH is 2. The second-order valence-electron chi connectivity index (χ2n) is 8.69. The summed E-state index contributed by atoms with van der Waals surface area (Å²) >= 11 is 5.96. The summed E-state index contributed by atoms with van der Waals surface area (Å²) in [6.07, 6.45) is 12.5. The highest BCUT2D eigenvalue weighted by Gasteiger charge is 2.59. The summed E-state index contributed by atoms with van der Waals surface area (Å²) in [5.74, 6) is 1.94. The first kappa shape index (κ1) is 16.2. The Bertz CT molecular complexity index is 542. The molecule has 2 nitrogen and oxygen atoms in total. The van der Waals surface area contributed by atoms with E-state index in [1.165, 1.54) is 12.0 Å². The monoisotopic (exact) mass is 336 g/mol. The smallest absolute Gasteiger partial charge is 0.0634 e. The van der Waals surface area contributed by atoms with E-state index < -0.39 is 0 Å². The Balaban J connectivity index is 1.69. The molecule has 4 aliphatic rings. The third kappa shape index (κ3) is 2.21. The molecule has 0 amide bonds. The quantitative estimate of drug-likeness (QED) is 0.696. The van der Waals surface area contributed by atoms with E-state index in [2.05, 4.69) is 19.1 Å². The second-order valence-corrected chi connectivity index (χ2v) is 8.94. The van der Waals surface area contributed by atoms with Crippen LogP contribution in [0.4, 0.5) is 0 Å². The molecule has 0 bridgehead atoms. The van der Waals surface area contributed by atoms with E-state index in [-0.39, 0.29) is 23.0 Å². The Labute approximate surface area is 144 Å². The van der Waals surface area contributed by atoms with Crippen LogP contribution in [0, 0.1) is 28.6 Å². The number of hydrogen-bond acceptors (Lipinski definition) is 2. The van der Waals surface area contributed by atoms with Crippen LogP contribution in [0.15, 0.2) is 23.3 Å². The Morgan fingerprint density at radius 3 is 2.74 bits per heavy atom. The maximum Gasteiger partial charge on any atom is 0.0634 e. The van der Waals surface area contributed by atoms with Crippen LogP contribution in [0.1, 0.15) is 58.3 Å². The molecule has 0 aromatic heterocycles. The van der Waals surface area contributed by atoms with Crippen molar-refractivity contribution in [2.45, 2.75) is 70.5 Å². The van der Waals surface area contributed by atoms with Crippen molar-refractivity contribution in [3.63, 3.8) is 0 Å². The first-order valence-electron chi connectivity index (χ1n) is 9.35. The van der Waals surface area contributed by atoms with Gasteiger partial charge in [0.15, 0.2) is 0 Å². The molecule has 0 aromatic carbocycles. The molecule has 128 valence electrons. The molecule has 0 heterocycles. The van der Waals surface area contributed by atoms with Gasteiger partial charge in [0.2, 0.25) is 0 Å². The second kappa shape index (κ2) is 5.61. The predicted molar refractivity (Wildman–Crippen MR) is 93.0 cm³/mol. The molecule has 0 aliphatic heterocycles. The summed E-state index contributed by atoms with van der Waals surface area (Å²) in [7, 11) is 0. The van der Waals surface area contributed by atoms with E-state index in [1.54, 1.807) is 5.54 Å². The minimum absolute atomic E-state index is 0.0845. The Kier molecular flexibility index (Phi) is 3.94. The van der Waals surface area contributed by atoms with Crippen molar-refractivity contribution in [1.82, 2.24) is 0 Å². The third-order valence-corrected chi connectivity index (χ3v) is 8.12. The molecule has 23 heavy (non-hydrogen) atoms. The number of allylic oxidation sites excluding steroid dienone is 1. The number of rotatable bonds is 1. The Morgan fingerprint density at radius 1 is 1.13 bits per heavy atom. The molecule has 4 rings (SSSR count). The van der Waals surface area contributed by atoms with Gasteiger partial charge in [-0.3, -0.25) is 0 Å². The van der Waals surface area contributed by atoms with Gasteiger partial charge in [0.05, 0.1) is 12.2 Å². The highest BCUT2D eigenvalue weighted by Crippen LogP contribution is 2.65. The van der Waals surface area contributed by atoms with Crippen molar-refractivity contribution in [2.24, 2.45) is 28.6 Å². The van der Waals surface area contributed by atoms with E-state index >= 15 is 0 Å². The minimum atomic E-state index is -0.227. The minimum Gasteiger partial charge on any atom is -0.393 e. The molecule has 0 spiro atoms. The molecule has 2 N–H and O–H groups in total. The van der Waals surface area contributed by atoms with Crippen molar-refractivity contribution in [3.8, 4) is 0 Å². The van der Waals surface area contributed by atoms with Crippen LogP contribution in [-0.4, -0.2) is 22.4 Å². The molecule has 0 aromatic rings. The summed E-state index contributed by atoms with van der Waals surface area (Å²) in [6, 6.07) is 0. The van der Waals surface area contributed by atoms with E-state index in [0.717, 1.165) is 44.9 Å². The van der Waals surface area contributed by atoms with Gasteiger partial charge in [-0.2, -0.15) is 0 Å². The van der Waals surface area contributed by atoms with Crippen LogP contribution in [0.3, 0.4) is 0 Å². The molecular formula is C20H29ClO2. The van der Waals surface area contributed by atoms with Crippen molar-refractivity contribution in [2.75, 3.05) is 0 Å². The van der Waals surface area contributed by atoms with Gasteiger partial charge in [0, 0.05) is 11.0 Å². The predicted octanol–water partition coefficient (Wildman–Crippen LogP) is 4.40. The van der Waals surface area contributed by atoms with Crippen LogP contribution >= 0.6 is 11.6 Å². The fraction of sp³-hybridized carbons (Fsp3) is 0.800. The van der Waals surface area contributed by atoms with Gasteiger partial charge in [-0.25, -0.2) is 0 Å². The van der Waals surface area contributed by atoms with Gasteiger partial charge >= 0.3 is 0 Å². The highest BCUT2D eigenvalue weighted by atomic mass is 35.5. The Hall–Kier alpha value is -0.310. The van der Waals surface area contributed by atoms with Crippen LogP contribution in [0.25, 0.3) is 0 Å². The maximum absolute atomic E-state index is 10.7. The van der Waals surface area contributed by atoms with Gasteiger partial charge in [-0.1, -0.05) is 36.2 Å². The van der Waals surface area contributed by atoms with Crippen molar-refractivity contribution < 1.29 is 10.2 Å². The van der Waals surface area contributed by atoms with Crippen molar-refractivity contribution in [1.29, 1.82) is 0 Å². The lowest BCUT2D eigenvalue weighted by atomic mass is 9.47. The molecule has 0 radical (unpaired) electrons. The van der Waals surface area contributed by atoms with E-state index in [0.29, 0.717) is 17.8 Å². The fourth-order valence-electron chi connectivity index (χ4n) is 6.78. The zero-order chi connectivity index (χ0) is 16.2. The number of fused-ring (bicyclic) bond motifs is 5. The number of aliphatic hydroxyl groups is 2. The zero-order valence-electron chi connectivity index (χ0n) is 14.0. The lowest BCUT2D eigenvalue weighted by molar-refractivity contribution is -0.0564. The molecule has 4 aliphatic carbocycles. The molecule has 0 unspecified atom stereocenters. The van der Waals surface area contributed by atoms with Gasteiger partial charge in [0.25, 0.3) is 0 Å². The number of halogens is 1. The standard InChI is InChI=1S/C20H29ClO2/c1-19-8-6-14(22)12-13(19)2-3-15-16(19)7-9-20(10-11-21)17(15)4-5-18(20)23/h2,10-11,14-18,22-23H,3-9,12H2,1H3/b11-10+/t14-,15+,16-,17-,18-,19-,20+/m0/s1. The molecule has 0 saturated heterocycles. The summed E-state index contributed by atoms with van der Waals surface area (Å²) < 4.78 is 0. The molecule has 7 atom stereocenters. The van der Waals surface area contributed by atoms with E-state index in [1.807, 2.05) is 0 Å². The first-order chi connectivity index (χ1) is 11.0.